The van der Waals surface area contributed by atoms with Gasteiger partial charge >= 0.3 is 0 Å². The van der Waals surface area contributed by atoms with E-state index in [-0.39, 0.29) is 18.0 Å². The summed E-state index contributed by atoms with van der Waals surface area (Å²) >= 11 is 5.22. The zero-order chi connectivity index (χ0) is 19.5. The molecule has 3 N–H and O–H groups in total. The summed E-state index contributed by atoms with van der Waals surface area (Å²) in [5, 5.41) is 14.4. The van der Waals surface area contributed by atoms with Crippen LogP contribution in [0.5, 0.6) is 0 Å². The first kappa shape index (κ1) is 18.9. The summed E-state index contributed by atoms with van der Waals surface area (Å²) in [5.74, 6) is 0.592. The van der Waals surface area contributed by atoms with E-state index in [4.69, 9.17) is 12.2 Å². The van der Waals surface area contributed by atoms with Crippen molar-refractivity contribution in [3.8, 4) is 0 Å². The number of H-pyrrole nitrogens is 1. The number of hydrogen-bond donors (Lipinski definition) is 3. The number of thiocarbonyl (C=S) groups is 1. The van der Waals surface area contributed by atoms with E-state index < -0.39 is 0 Å². The van der Waals surface area contributed by atoms with Crippen LogP contribution in [0.15, 0.2) is 36.5 Å². The predicted octanol–water partition coefficient (Wildman–Crippen LogP) is 2.33. The number of amides is 1. The Hall–Kier alpha value is -2.41. The molecular formula is C21H27N5OS. The Kier molecular flexibility index (Phi) is 5.62. The summed E-state index contributed by atoms with van der Waals surface area (Å²) in [4.78, 5) is 14.9. The molecule has 4 rings (SSSR count). The summed E-state index contributed by atoms with van der Waals surface area (Å²) in [6.07, 6.45) is 5.52. The number of rotatable bonds is 4. The van der Waals surface area contributed by atoms with Crippen LogP contribution < -0.4 is 10.6 Å². The van der Waals surface area contributed by atoms with Gasteiger partial charge in [-0.1, -0.05) is 30.3 Å². The van der Waals surface area contributed by atoms with E-state index in [2.05, 4.69) is 52.0 Å². The van der Waals surface area contributed by atoms with Gasteiger partial charge in [-0.25, -0.2) is 0 Å². The molecule has 7 heteroatoms. The molecule has 2 aromatic rings. The Morgan fingerprint density at radius 2 is 1.96 bits per heavy atom. The number of benzene rings is 1. The van der Waals surface area contributed by atoms with Gasteiger partial charge in [0.25, 0.3) is 0 Å². The summed E-state index contributed by atoms with van der Waals surface area (Å²) in [7, 11) is 0. The number of likely N-dealkylation sites (tertiary alicyclic amines) is 1. The van der Waals surface area contributed by atoms with E-state index in [1.165, 1.54) is 16.8 Å². The summed E-state index contributed by atoms with van der Waals surface area (Å²) in [6.45, 7) is 3.62. The van der Waals surface area contributed by atoms with Crippen molar-refractivity contribution in [1.29, 1.82) is 0 Å². The normalized spacial score (nSPS) is 23.2. The maximum Gasteiger partial charge on any atom is 0.245 e. The van der Waals surface area contributed by atoms with E-state index >= 15 is 0 Å². The molecule has 2 aliphatic rings. The molecule has 2 fully saturated rings. The highest BCUT2D eigenvalue weighted by Gasteiger charge is 2.33. The zero-order valence-corrected chi connectivity index (χ0v) is 17.0. The third-order valence-electron chi connectivity index (χ3n) is 5.77. The smallest absolute Gasteiger partial charge is 0.245 e. The third-order valence-corrected chi connectivity index (χ3v) is 6.01. The number of carbonyl (C=O) groups is 1. The molecule has 0 saturated carbocycles. The van der Waals surface area contributed by atoms with Crippen LogP contribution in [0.2, 0.25) is 0 Å². The first-order valence-electron chi connectivity index (χ1n) is 10.0. The fraction of sp³-hybridized carbons (Fsp3) is 0.476. The Morgan fingerprint density at radius 1 is 1.21 bits per heavy atom. The molecule has 2 saturated heterocycles. The van der Waals surface area contributed by atoms with Gasteiger partial charge in [-0.2, -0.15) is 5.10 Å². The van der Waals surface area contributed by atoms with Crippen molar-refractivity contribution >= 4 is 23.2 Å². The highest BCUT2D eigenvalue weighted by Crippen LogP contribution is 2.30. The standard InChI is InChI=1S/C21H27N5OS/c1-14-11-18(24-21(28)23-14)20(27)26-9-7-16(8-10-26)19-17(13-22-25-19)12-15-5-3-2-4-6-15/h2-6,13-14,16,18H,7-12H2,1H3,(H,22,25)(H2,23,24,28)/t14-,18+/m1/s1. The fourth-order valence-corrected chi connectivity index (χ4v) is 4.64. The van der Waals surface area contributed by atoms with Crippen molar-refractivity contribution in [2.75, 3.05) is 13.1 Å². The molecule has 3 heterocycles. The van der Waals surface area contributed by atoms with E-state index in [9.17, 15) is 4.79 Å². The fourth-order valence-electron chi connectivity index (χ4n) is 4.30. The van der Waals surface area contributed by atoms with Gasteiger partial charge in [-0.15, -0.1) is 0 Å². The molecule has 1 amide bonds. The highest BCUT2D eigenvalue weighted by molar-refractivity contribution is 7.80. The molecule has 0 spiro atoms. The van der Waals surface area contributed by atoms with Crippen LogP contribution in [-0.4, -0.2) is 51.3 Å². The van der Waals surface area contributed by atoms with Crippen LogP contribution in [-0.2, 0) is 11.2 Å². The molecule has 148 valence electrons. The monoisotopic (exact) mass is 397 g/mol. The number of aromatic amines is 1. The third kappa shape index (κ3) is 4.19. The van der Waals surface area contributed by atoms with Gasteiger partial charge in [0.05, 0.1) is 6.20 Å². The molecule has 0 radical (unpaired) electrons. The van der Waals surface area contributed by atoms with Gasteiger partial charge in [-0.05, 0) is 49.5 Å². The molecule has 6 nitrogen and oxygen atoms in total. The van der Waals surface area contributed by atoms with Crippen molar-refractivity contribution < 1.29 is 4.79 Å². The maximum atomic E-state index is 12.9. The number of piperidine rings is 1. The predicted molar refractivity (Wildman–Crippen MR) is 113 cm³/mol. The van der Waals surface area contributed by atoms with Gasteiger partial charge in [0.15, 0.2) is 5.11 Å². The molecule has 2 aliphatic heterocycles. The molecule has 28 heavy (non-hydrogen) atoms. The molecule has 0 bridgehead atoms. The van der Waals surface area contributed by atoms with Crippen LogP contribution in [0, 0.1) is 0 Å². The number of aromatic nitrogens is 2. The van der Waals surface area contributed by atoms with Gasteiger partial charge in [0.2, 0.25) is 5.91 Å². The van der Waals surface area contributed by atoms with Crippen molar-refractivity contribution in [1.82, 2.24) is 25.7 Å². The molecule has 2 atom stereocenters. The molecule has 0 unspecified atom stereocenters. The Balaban J connectivity index is 1.36. The largest absolute Gasteiger partial charge is 0.360 e. The Bertz CT molecular complexity index is 828. The highest BCUT2D eigenvalue weighted by atomic mass is 32.1. The second kappa shape index (κ2) is 8.31. The molecule has 1 aromatic heterocycles. The Morgan fingerprint density at radius 3 is 2.68 bits per heavy atom. The molecule has 0 aliphatic carbocycles. The summed E-state index contributed by atoms with van der Waals surface area (Å²) in [5.41, 5.74) is 3.78. The van der Waals surface area contributed by atoms with Crippen molar-refractivity contribution in [3.63, 3.8) is 0 Å². The topological polar surface area (TPSA) is 73.0 Å². The van der Waals surface area contributed by atoms with E-state index in [1.54, 1.807) is 0 Å². The minimum Gasteiger partial charge on any atom is -0.360 e. The molecular weight excluding hydrogens is 370 g/mol. The number of nitrogens with one attached hydrogen (secondary N) is 3. The van der Waals surface area contributed by atoms with Crippen molar-refractivity contribution in [2.45, 2.75) is 50.6 Å². The van der Waals surface area contributed by atoms with Gasteiger partial charge < -0.3 is 15.5 Å². The van der Waals surface area contributed by atoms with E-state index in [1.807, 2.05) is 17.2 Å². The van der Waals surface area contributed by atoms with Gasteiger partial charge in [-0.3, -0.25) is 9.89 Å². The van der Waals surface area contributed by atoms with Gasteiger partial charge in [0.1, 0.15) is 6.04 Å². The van der Waals surface area contributed by atoms with Crippen LogP contribution in [0.3, 0.4) is 0 Å². The minimum absolute atomic E-state index is 0.170. The lowest BCUT2D eigenvalue weighted by Gasteiger charge is -2.37. The van der Waals surface area contributed by atoms with Crippen LogP contribution in [0.25, 0.3) is 0 Å². The number of carbonyl (C=O) groups excluding carboxylic acids is 1. The maximum absolute atomic E-state index is 12.9. The summed E-state index contributed by atoms with van der Waals surface area (Å²) in [6, 6.07) is 10.5. The lowest BCUT2D eigenvalue weighted by atomic mass is 9.89. The second-order valence-electron chi connectivity index (χ2n) is 7.88. The van der Waals surface area contributed by atoms with E-state index in [0.717, 1.165) is 38.8 Å². The van der Waals surface area contributed by atoms with Crippen LogP contribution in [0.1, 0.15) is 48.9 Å². The average Bonchev–Trinajstić information content (AvgIpc) is 3.15. The zero-order valence-electron chi connectivity index (χ0n) is 16.1. The van der Waals surface area contributed by atoms with Crippen molar-refractivity contribution in [3.05, 3.63) is 53.3 Å². The first-order chi connectivity index (χ1) is 13.6. The SMILES string of the molecule is C[C@@H]1C[C@@H](C(=O)N2CCC(c3[nH]ncc3Cc3ccccc3)CC2)NC(=S)N1. The minimum atomic E-state index is -0.207. The van der Waals surface area contributed by atoms with Gasteiger partial charge in [0, 0.05) is 37.2 Å². The van der Waals surface area contributed by atoms with Crippen LogP contribution in [0.4, 0.5) is 0 Å². The first-order valence-corrected chi connectivity index (χ1v) is 10.4. The van der Waals surface area contributed by atoms with Crippen molar-refractivity contribution in [2.24, 2.45) is 0 Å². The van der Waals surface area contributed by atoms with E-state index in [0.29, 0.717) is 11.0 Å². The quantitative estimate of drug-likeness (QED) is 0.691. The Labute approximate surface area is 171 Å². The lowest BCUT2D eigenvalue weighted by Crippen LogP contribution is -2.59. The second-order valence-corrected chi connectivity index (χ2v) is 8.29. The average molecular weight is 398 g/mol. The number of nitrogens with zero attached hydrogens (tertiary/aromatic N) is 2. The number of hydrogen-bond acceptors (Lipinski definition) is 3. The van der Waals surface area contributed by atoms with Crippen LogP contribution >= 0.6 is 12.2 Å². The summed E-state index contributed by atoms with van der Waals surface area (Å²) < 4.78 is 0. The lowest BCUT2D eigenvalue weighted by molar-refractivity contribution is -0.134. The molecule has 1 aromatic carbocycles.